The quantitative estimate of drug-likeness (QED) is 0.760. The number of hydrogen-bond acceptors (Lipinski definition) is 2. The van der Waals surface area contributed by atoms with Gasteiger partial charge in [-0.05, 0) is 31.8 Å². The minimum Gasteiger partial charge on any atom is -0.302 e. The molecule has 1 rings (SSSR count). The van der Waals surface area contributed by atoms with Crippen LogP contribution in [0.15, 0.2) is 24.3 Å². The van der Waals surface area contributed by atoms with Gasteiger partial charge in [0.25, 0.3) is 0 Å². The largest absolute Gasteiger partial charge is 0.302 e. The van der Waals surface area contributed by atoms with Crippen molar-refractivity contribution in [3.8, 4) is 0 Å². The van der Waals surface area contributed by atoms with Crippen LogP contribution in [0.2, 0.25) is 5.02 Å². The summed E-state index contributed by atoms with van der Waals surface area (Å²) in [7, 11) is 3.77. The number of likely N-dealkylation sites (N-methyl/N-ethyl adjacent to an activating group) is 1. The van der Waals surface area contributed by atoms with Crippen molar-refractivity contribution in [1.29, 1.82) is 0 Å². The molecule has 0 aliphatic carbocycles. The molecular weight excluding hydrogens is 198 g/mol. The van der Waals surface area contributed by atoms with E-state index in [1.54, 1.807) is 0 Å². The van der Waals surface area contributed by atoms with Crippen molar-refractivity contribution in [2.75, 3.05) is 20.6 Å². The van der Waals surface area contributed by atoms with E-state index in [1.807, 2.05) is 43.3 Å². The number of nitrogens with zero attached hydrogens (tertiary/aromatic N) is 1. The molecule has 0 atom stereocenters. The molecule has 0 saturated carbocycles. The highest BCUT2D eigenvalue weighted by Crippen LogP contribution is 2.11. The minimum absolute atomic E-state index is 0.206. The van der Waals surface area contributed by atoms with Gasteiger partial charge in [0.05, 0.1) is 6.54 Å². The van der Waals surface area contributed by atoms with E-state index in [9.17, 15) is 4.79 Å². The van der Waals surface area contributed by atoms with Crippen molar-refractivity contribution in [2.45, 2.75) is 6.42 Å². The lowest BCUT2D eigenvalue weighted by molar-refractivity contribution is -0.119. The van der Waals surface area contributed by atoms with Gasteiger partial charge in [-0.3, -0.25) is 4.79 Å². The Morgan fingerprint density at radius 3 is 2.71 bits per heavy atom. The van der Waals surface area contributed by atoms with Crippen molar-refractivity contribution >= 4 is 17.4 Å². The Morgan fingerprint density at radius 2 is 2.14 bits per heavy atom. The fourth-order valence-electron chi connectivity index (χ4n) is 1.28. The van der Waals surface area contributed by atoms with Gasteiger partial charge in [0, 0.05) is 11.4 Å². The molecule has 76 valence electrons. The molecule has 0 N–H and O–H groups in total. The molecule has 0 aromatic heterocycles. The molecule has 1 aromatic rings. The number of halogens is 1. The molecule has 1 aromatic carbocycles. The predicted octanol–water partition coefficient (Wildman–Crippen LogP) is 2.01. The maximum Gasteiger partial charge on any atom is 0.151 e. The summed E-state index contributed by atoms with van der Waals surface area (Å²) in [6.45, 7) is 0.479. The number of benzene rings is 1. The highest BCUT2D eigenvalue weighted by atomic mass is 35.5. The highest BCUT2D eigenvalue weighted by Gasteiger charge is 2.04. The van der Waals surface area contributed by atoms with E-state index >= 15 is 0 Å². The Balaban J connectivity index is 2.56. The SMILES string of the molecule is CN(C)CC(=O)Cc1cccc(Cl)c1. The number of Topliss-reactive ketones (excluding diaryl/α,β-unsaturated/α-hetero) is 1. The maximum atomic E-state index is 11.4. The van der Waals surface area contributed by atoms with Gasteiger partial charge in [0.1, 0.15) is 0 Å². The second-order valence-electron chi connectivity index (χ2n) is 3.58. The van der Waals surface area contributed by atoms with Gasteiger partial charge in [0.2, 0.25) is 0 Å². The van der Waals surface area contributed by atoms with Gasteiger partial charge in [-0.15, -0.1) is 0 Å². The normalized spacial score (nSPS) is 10.6. The van der Waals surface area contributed by atoms with E-state index in [0.717, 1.165) is 5.56 Å². The van der Waals surface area contributed by atoms with Gasteiger partial charge in [-0.25, -0.2) is 0 Å². The first-order valence-corrected chi connectivity index (χ1v) is 4.86. The van der Waals surface area contributed by atoms with Crippen LogP contribution in [0.4, 0.5) is 0 Å². The molecule has 0 unspecified atom stereocenters. The molecule has 0 aliphatic rings. The lowest BCUT2D eigenvalue weighted by Gasteiger charge is -2.08. The zero-order chi connectivity index (χ0) is 10.6. The number of hydrogen-bond donors (Lipinski definition) is 0. The van der Waals surface area contributed by atoms with Crippen molar-refractivity contribution in [3.05, 3.63) is 34.9 Å². The second kappa shape index (κ2) is 5.13. The van der Waals surface area contributed by atoms with Crippen LogP contribution in [0.1, 0.15) is 5.56 Å². The Bertz CT molecular complexity index is 323. The van der Waals surface area contributed by atoms with Crippen LogP contribution in [0.5, 0.6) is 0 Å². The summed E-state index contributed by atoms with van der Waals surface area (Å²) in [6, 6.07) is 7.41. The van der Waals surface area contributed by atoms with Crippen LogP contribution in [-0.2, 0) is 11.2 Å². The summed E-state index contributed by atoms with van der Waals surface area (Å²) < 4.78 is 0. The zero-order valence-electron chi connectivity index (χ0n) is 8.46. The van der Waals surface area contributed by atoms with Crippen LogP contribution in [0, 0.1) is 0 Å². The lowest BCUT2D eigenvalue weighted by atomic mass is 10.1. The van der Waals surface area contributed by atoms with Crippen LogP contribution >= 0.6 is 11.6 Å². The summed E-state index contributed by atoms with van der Waals surface area (Å²) in [5.41, 5.74) is 0.976. The standard InChI is InChI=1S/C11H14ClNO/c1-13(2)8-11(14)7-9-4-3-5-10(12)6-9/h3-6H,7-8H2,1-2H3. The van der Waals surface area contributed by atoms with Gasteiger partial charge in [-0.1, -0.05) is 23.7 Å². The molecule has 3 heteroatoms. The Hall–Kier alpha value is -0.860. The van der Waals surface area contributed by atoms with E-state index in [2.05, 4.69) is 0 Å². The van der Waals surface area contributed by atoms with E-state index in [1.165, 1.54) is 0 Å². The van der Waals surface area contributed by atoms with Gasteiger partial charge < -0.3 is 4.90 Å². The monoisotopic (exact) mass is 211 g/mol. The summed E-state index contributed by atoms with van der Waals surface area (Å²) in [4.78, 5) is 13.3. The molecule has 0 heterocycles. The molecule has 0 amide bonds. The molecule has 0 radical (unpaired) electrons. The van der Waals surface area contributed by atoms with Gasteiger partial charge >= 0.3 is 0 Å². The molecule has 14 heavy (non-hydrogen) atoms. The highest BCUT2D eigenvalue weighted by molar-refractivity contribution is 6.30. The van der Waals surface area contributed by atoms with Crippen LogP contribution < -0.4 is 0 Å². The third-order valence-corrected chi connectivity index (χ3v) is 2.02. The topological polar surface area (TPSA) is 20.3 Å². The number of ketones is 1. The summed E-state index contributed by atoms with van der Waals surface area (Å²) in [6.07, 6.45) is 0.457. The third-order valence-electron chi connectivity index (χ3n) is 1.78. The fraction of sp³-hybridized carbons (Fsp3) is 0.364. The first kappa shape index (κ1) is 11.2. The summed E-state index contributed by atoms with van der Waals surface area (Å²) >= 11 is 5.81. The molecule has 0 aliphatic heterocycles. The molecule has 2 nitrogen and oxygen atoms in total. The fourth-order valence-corrected chi connectivity index (χ4v) is 1.50. The van der Waals surface area contributed by atoms with Crippen molar-refractivity contribution in [1.82, 2.24) is 4.90 Å². The van der Waals surface area contributed by atoms with Crippen molar-refractivity contribution in [3.63, 3.8) is 0 Å². The first-order chi connectivity index (χ1) is 6.58. The number of rotatable bonds is 4. The zero-order valence-corrected chi connectivity index (χ0v) is 9.21. The van der Waals surface area contributed by atoms with E-state index in [0.29, 0.717) is 18.0 Å². The molecule has 0 fully saturated rings. The van der Waals surface area contributed by atoms with E-state index in [4.69, 9.17) is 11.6 Å². The van der Waals surface area contributed by atoms with E-state index in [-0.39, 0.29) is 5.78 Å². The summed E-state index contributed by atoms with van der Waals surface area (Å²) in [5.74, 6) is 0.206. The van der Waals surface area contributed by atoms with Crippen molar-refractivity contribution < 1.29 is 4.79 Å². The van der Waals surface area contributed by atoms with E-state index < -0.39 is 0 Å². The maximum absolute atomic E-state index is 11.4. The number of carbonyl (C=O) groups is 1. The lowest BCUT2D eigenvalue weighted by Crippen LogP contribution is -2.22. The molecular formula is C11H14ClNO. The Labute approximate surface area is 89.5 Å². The Kier molecular flexibility index (Phi) is 4.11. The smallest absolute Gasteiger partial charge is 0.151 e. The van der Waals surface area contributed by atoms with Gasteiger partial charge in [-0.2, -0.15) is 0 Å². The number of carbonyl (C=O) groups excluding carboxylic acids is 1. The van der Waals surface area contributed by atoms with Gasteiger partial charge in [0.15, 0.2) is 5.78 Å². The molecule has 0 bridgehead atoms. The first-order valence-electron chi connectivity index (χ1n) is 4.49. The third kappa shape index (κ3) is 3.90. The van der Waals surface area contributed by atoms with Crippen LogP contribution in [-0.4, -0.2) is 31.3 Å². The van der Waals surface area contributed by atoms with Crippen LogP contribution in [0.25, 0.3) is 0 Å². The van der Waals surface area contributed by atoms with Crippen molar-refractivity contribution in [2.24, 2.45) is 0 Å². The predicted molar refractivity (Wildman–Crippen MR) is 58.7 cm³/mol. The second-order valence-corrected chi connectivity index (χ2v) is 4.02. The summed E-state index contributed by atoms with van der Waals surface area (Å²) in [5, 5.41) is 0.681. The molecule has 0 saturated heterocycles. The Morgan fingerprint density at radius 1 is 1.43 bits per heavy atom. The average Bonchev–Trinajstić information content (AvgIpc) is 2.01. The van der Waals surface area contributed by atoms with Crippen LogP contribution in [0.3, 0.4) is 0 Å². The molecule has 0 spiro atoms. The average molecular weight is 212 g/mol. The minimum atomic E-state index is 0.206.